The molecule has 153 valence electrons. The van der Waals surface area contributed by atoms with Crippen LogP contribution in [0.1, 0.15) is 42.1 Å². The van der Waals surface area contributed by atoms with Crippen LogP contribution in [0, 0.1) is 6.42 Å². The first-order chi connectivity index (χ1) is 14.9. The maximum Gasteiger partial charge on any atom is 0.0931 e. The Hall–Kier alpha value is -2.30. The third-order valence-corrected chi connectivity index (χ3v) is 7.28. The van der Waals surface area contributed by atoms with E-state index in [1.54, 1.807) is 0 Å². The van der Waals surface area contributed by atoms with E-state index in [1.807, 2.05) is 35.1 Å². The third-order valence-electron chi connectivity index (χ3n) is 5.07. The van der Waals surface area contributed by atoms with Crippen LogP contribution in [0.25, 0.3) is 20.9 Å². The zero-order chi connectivity index (χ0) is 20.4. The molecule has 0 amide bonds. The molecule has 2 nitrogen and oxygen atoms in total. The lowest BCUT2D eigenvalue weighted by atomic mass is 10.1. The Kier molecular flexibility index (Phi) is 7.81. The molecule has 2 heterocycles. The molecule has 0 atom stereocenters. The second-order valence-electron chi connectivity index (χ2n) is 7.40. The van der Waals surface area contributed by atoms with Crippen LogP contribution in [0.5, 0.6) is 0 Å². The molecule has 0 aliphatic rings. The zero-order valence-corrected chi connectivity index (χ0v) is 18.8. The van der Waals surface area contributed by atoms with Crippen molar-refractivity contribution in [2.75, 3.05) is 0 Å². The van der Waals surface area contributed by atoms with Gasteiger partial charge in [-0.3, -0.25) is 0 Å². The van der Waals surface area contributed by atoms with E-state index in [0.717, 1.165) is 12.8 Å². The fraction of sp³-hybridized carbons (Fsp3) is 0.269. The largest absolute Gasteiger partial charge is 0.249 e. The summed E-state index contributed by atoms with van der Waals surface area (Å²) in [5, 5.41) is 2.51. The molecule has 0 saturated carbocycles. The van der Waals surface area contributed by atoms with Crippen molar-refractivity contribution in [3.05, 3.63) is 89.5 Å². The number of benzene rings is 2. The van der Waals surface area contributed by atoms with E-state index in [4.69, 9.17) is 0 Å². The summed E-state index contributed by atoms with van der Waals surface area (Å²) < 4.78 is 0. The standard InChI is InChI=1S/C26H27N2S2/c1(3-11-17-25-27-19-23(29-25)21-13-7-5-8-14-21)2-4-12-18-26-28-20-24(30-26)22-15-9-6-10-16-22/h1,5-10,13-16,19-20H,2-4,11-12,17-18H2. The summed E-state index contributed by atoms with van der Waals surface area (Å²) in [5.74, 6) is 0. The molecule has 2 aromatic carbocycles. The Morgan fingerprint density at radius 3 is 1.67 bits per heavy atom. The van der Waals surface area contributed by atoms with Crippen molar-refractivity contribution in [1.82, 2.24) is 9.97 Å². The van der Waals surface area contributed by atoms with Crippen molar-refractivity contribution in [2.45, 2.75) is 44.9 Å². The number of rotatable bonds is 11. The smallest absolute Gasteiger partial charge is 0.0931 e. The molecule has 0 unspecified atom stereocenters. The van der Waals surface area contributed by atoms with Crippen molar-refractivity contribution in [1.29, 1.82) is 0 Å². The van der Waals surface area contributed by atoms with E-state index < -0.39 is 0 Å². The highest BCUT2D eigenvalue weighted by atomic mass is 32.1. The number of aryl methyl sites for hydroxylation is 2. The van der Waals surface area contributed by atoms with E-state index in [0.29, 0.717) is 0 Å². The highest BCUT2D eigenvalue weighted by Crippen LogP contribution is 2.28. The second-order valence-corrected chi connectivity index (χ2v) is 9.63. The van der Waals surface area contributed by atoms with Gasteiger partial charge in [0.2, 0.25) is 0 Å². The first-order valence-corrected chi connectivity index (χ1v) is 12.3. The fourth-order valence-corrected chi connectivity index (χ4v) is 5.36. The van der Waals surface area contributed by atoms with Crippen molar-refractivity contribution >= 4 is 22.7 Å². The normalized spacial score (nSPS) is 11.1. The lowest BCUT2D eigenvalue weighted by Crippen LogP contribution is -1.87. The minimum Gasteiger partial charge on any atom is -0.249 e. The highest BCUT2D eigenvalue weighted by Gasteiger charge is 2.05. The topological polar surface area (TPSA) is 25.8 Å². The quantitative estimate of drug-likeness (QED) is 0.226. The van der Waals surface area contributed by atoms with Gasteiger partial charge in [0.25, 0.3) is 0 Å². The summed E-state index contributed by atoms with van der Waals surface area (Å²) in [4.78, 5) is 11.7. The van der Waals surface area contributed by atoms with Crippen LogP contribution in [0.15, 0.2) is 73.1 Å². The summed E-state index contributed by atoms with van der Waals surface area (Å²) in [6.07, 6.45) is 14.7. The predicted molar refractivity (Wildman–Crippen MR) is 130 cm³/mol. The van der Waals surface area contributed by atoms with Gasteiger partial charge in [-0.25, -0.2) is 9.97 Å². The Morgan fingerprint density at radius 2 is 1.10 bits per heavy atom. The second kappa shape index (κ2) is 11.2. The average molecular weight is 432 g/mol. The van der Waals surface area contributed by atoms with Crippen LogP contribution in [-0.2, 0) is 12.8 Å². The Labute approximate surface area is 187 Å². The molecule has 0 aliphatic heterocycles. The molecule has 4 heteroatoms. The zero-order valence-electron chi connectivity index (χ0n) is 17.2. The van der Waals surface area contributed by atoms with Crippen molar-refractivity contribution in [3.8, 4) is 20.9 Å². The molecular weight excluding hydrogens is 404 g/mol. The molecule has 0 fully saturated rings. The molecule has 0 N–H and O–H groups in total. The third kappa shape index (κ3) is 6.10. The lowest BCUT2D eigenvalue weighted by molar-refractivity contribution is 0.685. The van der Waals surface area contributed by atoms with Crippen LogP contribution >= 0.6 is 22.7 Å². The minimum absolute atomic E-state index is 1.08. The molecule has 0 saturated heterocycles. The molecule has 0 bridgehead atoms. The maximum atomic E-state index is 4.60. The van der Waals surface area contributed by atoms with Crippen molar-refractivity contribution in [2.24, 2.45) is 0 Å². The van der Waals surface area contributed by atoms with Gasteiger partial charge in [-0.2, -0.15) is 0 Å². The summed E-state index contributed by atoms with van der Waals surface area (Å²) in [6.45, 7) is 0. The number of aromatic nitrogens is 2. The van der Waals surface area contributed by atoms with E-state index in [9.17, 15) is 0 Å². The van der Waals surface area contributed by atoms with Crippen LogP contribution in [-0.4, -0.2) is 9.97 Å². The molecule has 30 heavy (non-hydrogen) atoms. The van der Waals surface area contributed by atoms with Crippen molar-refractivity contribution in [3.63, 3.8) is 0 Å². The van der Waals surface area contributed by atoms with Crippen molar-refractivity contribution < 1.29 is 0 Å². The van der Waals surface area contributed by atoms with Gasteiger partial charge in [-0.15, -0.1) is 22.7 Å². The first-order valence-electron chi connectivity index (χ1n) is 10.7. The van der Waals surface area contributed by atoms with E-state index in [-0.39, 0.29) is 0 Å². The highest BCUT2D eigenvalue weighted by molar-refractivity contribution is 7.15. The summed E-state index contributed by atoms with van der Waals surface area (Å²) >= 11 is 3.65. The molecule has 4 aromatic rings. The summed E-state index contributed by atoms with van der Waals surface area (Å²) in [5.41, 5.74) is 2.54. The monoisotopic (exact) mass is 431 g/mol. The number of nitrogens with zero attached hydrogens (tertiary/aromatic N) is 2. The Bertz CT molecular complexity index is 922. The first kappa shape index (κ1) is 21.0. The average Bonchev–Trinajstić information content (AvgIpc) is 3.47. The van der Waals surface area contributed by atoms with Gasteiger partial charge >= 0.3 is 0 Å². The molecule has 0 spiro atoms. The van der Waals surface area contributed by atoms with Gasteiger partial charge in [-0.1, -0.05) is 73.5 Å². The molecule has 4 rings (SSSR count). The summed E-state index contributed by atoms with van der Waals surface area (Å²) in [6, 6.07) is 21.1. The number of hydrogen-bond acceptors (Lipinski definition) is 4. The number of thiazole rings is 2. The van der Waals surface area contributed by atoms with Crippen LogP contribution in [0.2, 0.25) is 0 Å². The van der Waals surface area contributed by atoms with Gasteiger partial charge in [-0.05, 0) is 49.7 Å². The van der Waals surface area contributed by atoms with E-state index >= 15 is 0 Å². The van der Waals surface area contributed by atoms with Gasteiger partial charge < -0.3 is 0 Å². The fourth-order valence-electron chi connectivity index (χ4n) is 3.43. The summed E-state index contributed by atoms with van der Waals surface area (Å²) in [7, 11) is 0. The van der Waals surface area contributed by atoms with Gasteiger partial charge in [0, 0.05) is 12.4 Å². The molecular formula is C26H27N2S2. The lowest BCUT2D eigenvalue weighted by Gasteiger charge is -2.00. The van der Waals surface area contributed by atoms with E-state index in [2.05, 4.69) is 77.1 Å². The Morgan fingerprint density at radius 1 is 0.600 bits per heavy atom. The van der Waals surface area contributed by atoms with Crippen LogP contribution in [0.4, 0.5) is 0 Å². The number of unbranched alkanes of at least 4 members (excludes halogenated alkanes) is 5. The molecule has 2 aromatic heterocycles. The molecule has 0 aliphatic carbocycles. The van der Waals surface area contributed by atoms with Crippen LogP contribution < -0.4 is 0 Å². The predicted octanol–water partition coefficient (Wildman–Crippen LogP) is 7.87. The minimum atomic E-state index is 1.08. The van der Waals surface area contributed by atoms with Crippen LogP contribution in [0.3, 0.4) is 0 Å². The SMILES string of the molecule is [CH](CCCCc1ncc(-c2ccccc2)s1)CCCc1ncc(-c2ccccc2)s1. The molecule has 1 radical (unpaired) electrons. The van der Waals surface area contributed by atoms with Gasteiger partial charge in [0.15, 0.2) is 0 Å². The van der Waals surface area contributed by atoms with Gasteiger partial charge in [0.05, 0.1) is 19.8 Å². The van der Waals surface area contributed by atoms with E-state index in [1.165, 1.54) is 63.0 Å². The maximum absolute atomic E-state index is 4.60. The van der Waals surface area contributed by atoms with Gasteiger partial charge in [0.1, 0.15) is 0 Å². The number of hydrogen-bond donors (Lipinski definition) is 0. The Balaban J connectivity index is 1.08.